The van der Waals surface area contributed by atoms with Crippen molar-refractivity contribution < 1.29 is 18.7 Å². The maximum absolute atomic E-state index is 14.2. The fourth-order valence-corrected chi connectivity index (χ4v) is 5.06. The van der Waals surface area contributed by atoms with Crippen molar-refractivity contribution in [2.75, 3.05) is 35.6 Å². The number of thiazole rings is 1. The molecular formula is C22H27F2N7O2S. The predicted octanol–water partition coefficient (Wildman–Crippen LogP) is 2.60. The van der Waals surface area contributed by atoms with Crippen LogP contribution in [0.1, 0.15) is 30.3 Å². The van der Waals surface area contributed by atoms with Crippen molar-refractivity contribution in [1.82, 2.24) is 20.1 Å². The molecule has 3 heterocycles. The molecule has 3 aromatic rings. The smallest absolute Gasteiger partial charge is 0.277 e. The highest BCUT2D eigenvalue weighted by Crippen LogP contribution is 2.34. The quantitative estimate of drug-likeness (QED) is 0.418. The summed E-state index contributed by atoms with van der Waals surface area (Å²) < 4.78 is 30.0. The van der Waals surface area contributed by atoms with Gasteiger partial charge in [0.05, 0.1) is 17.9 Å². The van der Waals surface area contributed by atoms with E-state index < -0.39 is 23.6 Å². The number of amides is 1. The van der Waals surface area contributed by atoms with Gasteiger partial charge in [0.2, 0.25) is 0 Å². The molecule has 1 aromatic carbocycles. The summed E-state index contributed by atoms with van der Waals surface area (Å²) in [7, 11) is 1.77. The van der Waals surface area contributed by atoms with Gasteiger partial charge in [-0.05, 0) is 31.5 Å². The predicted molar refractivity (Wildman–Crippen MR) is 128 cm³/mol. The highest BCUT2D eigenvalue weighted by atomic mass is 32.1. The van der Waals surface area contributed by atoms with Crippen LogP contribution in [0.2, 0.25) is 0 Å². The van der Waals surface area contributed by atoms with E-state index in [-0.39, 0.29) is 27.3 Å². The van der Waals surface area contributed by atoms with Gasteiger partial charge in [-0.1, -0.05) is 24.3 Å². The zero-order chi connectivity index (χ0) is 24.4. The molecule has 0 aliphatic carbocycles. The number of nitrogens with one attached hydrogen (secondary N) is 2. The minimum Gasteiger partial charge on any atom is -0.391 e. The molecule has 0 bridgehead atoms. The number of rotatable bonds is 6. The summed E-state index contributed by atoms with van der Waals surface area (Å²) in [5.74, 6) is -1.48. The summed E-state index contributed by atoms with van der Waals surface area (Å²) >= 11 is 0.840. The number of benzene rings is 1. The van der Waals surface area contributed by atoms with Crippen molar-refractivity contribution in [2.45, 2.75) is 31.9 Å². The summed E-state index contributed by atoms with van der Waals surface area (Å²) in [5.41, 5.74) is 6.00. The number of hydrogen-bond donors (Lipinski definition) is 4. The first kappa shape index (κ1) is 24.0. The van der Waals surface area contributed by atoms with E-state index in [0.29, 0.717) is 31.0 Å². The number of nitrogens with zero attached hydrogens (tertiary/aromatic N) is 4. The minimum absolute atomic E-state index is 0.00623. The summed E-state index contributed by atoms with van der Waals surface area (Å²) in [6.45, 7) is 4.01. The lowest BCUT2D eigenvalue weighted by Gasteiger charge is -2.24. The van der Waals surface area contributed by atoms with Crippen molar-refractivity contribution in [3.63, 3.8) is 0 Å². The molecule has 9 nitrogen and oxygen atoms in total. The Morgan fingerprint density at radius 1 is 1.29 bits per heavy atom. The van der Waals surface area contributed by atoms with Gasteiger partial charge in [-0.3, -0.25) is 9.48 Å². The van der Waals surface area contributed by atoms with Crippen molar-refractivity contribution in [3.05, 3.63) is 41.7 Å². The third-order valence-corrected chi connectivity index (χ3v) is 6.74. The first-order chi connectivity index (χ1) is 16.3. The second-order valence-corrected chi connectivity index (χ2v) is 9.11. The van der Waals surface area contributed by atoms with Gasteiger partial charge in [0, 0.05) is 26.2 Å². The van der Waals surface area contributed by atoms with Crippen LogP contribution in [0.5, 0.6) is 0 Å². The standard InChI is InChI=1S/C22H27F2N7O2S/c1-3-26-14-7-9-31(10-8-16(14)32)22-15(11-27-30(22)2)28-20(33)18-19(25)34-21(29-18)17-12(23)5-4-6-13(17)24/h4-6,11,14,16,26,32H,3,7-10,25H2,1-2H3,(H,28,33). The van der Waals surface area contributed by atoms with E-state index in [1.54, 1.807) is 11.7 Å². The van der Waals surface area contributed by atoms with Gasteiger partial charge in [0.15, 0.2) is 11.5 Å². The minimum atomic E-state index is -0.783. The second-order valence-electron chi connectivity index (χ2n) is 8.08. The fraction of sp³-hybridized carbons (Fsp3) is 0.409. The van der Waals surface area contributed by atoms with Gasteiger partial charge >= 0.3 is 0 Å². The summed E-state index contributed by atoms with van der Waals surface area (Å²) in [5, 5.41) is 20.8. The van der Waals surface area contributed by atoms with Crippen LogP contribution in [0.25, 0.3) is 10.6 Å². The van der Waals surface area contributed by atoms with Crippen LogP contribution < -0.4 is 21.3 Å². The topological polar surface area (TPSA) is 121 Å². The Balaban J connectivity index is 1.56. The van der Waals surface area contributed by atoms with Gasteiger partial charge in [-0.25, -0.2) is 13.8 Å². The molecule has 4 rings (SSSR count). The van der Waals surface area contributed by atoms with Crippen LogP contribution in [-0.2, 0) is 7.05 Å². The highest BCUT2D eigenvalue weighted by Gasteiger charge is 2.28. The van der Waals surface area contributed by atoms with Crippen LogP contribution in [0.3, 0.4) is 0 Å². The molecular weight excluding hydrogens is 464 g/mol. The maximum atomic E-state index is 14.2. The van der Waals surface area contributed by atoms with E-state index >= 15 is 0 Å². The average Bonchev–Trinajstić information content (AvgIpc) is 3.29. The van der Waals surface area contributed by atoms with Gasteiger partial charge in [-0.2, -0.15) is 5.10 Å². The maximum Gasteiger partial charge on any atom is 0.277 e. The largest absolute Gasteiger partial charge is 0.391 e. The summed E-state index contributed by atoms with van der Waals surface area (Å²) in [6.07, 6.45) is 2.34. The van der Waals surface area contributed by atoms with Crippen LogP contribution in [0, 0.1) is 11.6 Å². The number of hydrogen-bond acceptors (Lipinski definition) is 8. The normalized spacial score (nSPS) is 18.7. The van der Waals surface area contributed by atoms with Crippen LogP contribution in [0.15, 0.2) is 24.4 Å². The van der Waals surface area contributed by atoms with Crippen molar-refractivity contribution in [3.8, 4) is 10.6 Å². The molecule has 0 radical (unpaired) electrons. The Hall–Kier alpha value is -3.09. The second kappa shape index (κ2) is 10.0. The number of halogens is 2. The number of aryl methyl sites for hydroxylation is 1. The molecule has 2 atom stereocenters. The molecule has 1 fully saturated rings. The molecule has 0 saturated carbocycles. The molecule has 5 N–H and O–H groups in total. The Morgan fingerprint density at radius 3 is 2.71 bits per heavy atom. The SMILES string of the molecule is CCNC1CCN(c2c(NC(=O)c3nc(-c4c(F)cccc4F)sc3N)cnn2C)CCC1O. The number of nitrogens with two attached hydrogens (primary N) is 1. The number of aliphatic hydroxyl groups is 1. The number of aliphatic hydroxyl groups excluding tert-OH is 1. The average molecular weight is 492 g/mol. The molecule has 12 heteroatoms. The van der Waals surface area contributed by atoms with E-state index in [9.17, 15) is 18.7 Å². The lowest BCUT2D eigenvalue weighted by molar-refractivity contribution is 0.102. The van der Waals surface area contributed by atoms with E-state index in [4.69, 9.17) is 5.73 Å². The number of nitrogen functional groups attached to an aromatic ring is 1. The Labute approximate surface area is 199 Å². The molecule has 1 aliphatic heterocycles. The number of anilines is 3. The Bertz CT molecular complexity index is 1160. The lowest BCUT2D eigenvalue weighted by atomic mass is 10.1. The zero-order valence-electron chi connectivity index (χ0n) is 18.9. The fourth-order valence-electron chi connectivity index (χ4n) is 4.18. The molecule has 1 aliphatic rings. The molecule has 1 saturated heterocycles. The highest BCUT2D eigenvalue weighted by molar-refractivity contribution is 7.19. The molecule has 2 unspecified atom stereocenters. The van der Waals surface area contributed by atoms with Gasteiger partial charge in [-0.15, -0.1) is 0 Å². The first-order valence-electron chi connectivity index (χ1n) is 11.0. The Kier molecular flexibility index (Phi) is 7.10. The van der Waals surface area contributed by atoms with Crippen LogP contribution in [0.4, 0.5) is 25.3 Å². The van der Waals surface area contributed by atoms with Crippen molar-refractivity contribution in [1.29, 1.82) is 0 Å². The molecule has 34 heavy (non-hydrogen) atoms. The van der Waals surface area contributed by atoms with E-state index in [2.05, 4.69) is 25.6 Å². The van der Waals surface area contributed by atoms with E-state index in [1.807, 2.05) is 6.92 Å². The van der Waals surface area contributed by atoms with E-state index in [1.165, 1.54) is 12.3 Å². The number of carbonyl (C=O) groups is 1. The Morgan fingerprint density at radius 2 is 2.00 bits per heavy atom. The third kappa shape index (κ3) is 4.74. The lowest BCUT2D eigenvalue weighted by Crippen LogP contribution is -2.39. The number of aromatic nitrogens is 3. The monoisotopic (exact) mass is 491 g/mol. The third-order valence-electron chi connectivity index (χ3n) is 5.84. The number of carbonyl (C=O) groups excluding carboxylic acids is 1. The van der Waals surface area contributed by atoms with Gasteiger partial charge in [0.25, 0.3) is 5.91 Å². The molecule has 2 aromatic heterocycles. The van der Waals surface area contributed by atoms with Crippen molar-refractivity contribution in [2.24, 2.45) is 7.05 Å². The van der Waals surface area contributed by atoms with Crippen LogP contribution >= 0.6 is 11.3 Å². The summed E-state index contributed by atoms with van der Waals surface area (Å²) in [6, 6.07) is 3.49. The van der Waals surface area contributed by atoms with E-state index in [0.717, 1.165) is 36.4 Å². The zero-order valence-corrected chi connectivity index (χ0v) is 19.7. The first-order valence-corrected chi connectivity index (χ1v) is 11.8. The molecule has 182 valence electrons. The summed E-state index contributed by atoms with van der Waals surface area (Å²) in [4.78, 5) is 19.2. The van der Waals surface area contributed by atoms with Crippen LogP contribution in [-0.4, -0.2) is 57.6 Å². The van der Waals surface area contributed by atoms with Gasteiger partial charge in [0.1, 0.15) is 27.3 Å². The molecule has 0 spiro atoms. The number of likely N-dealkylation sites (N-methyl/N-ethyl adjacent to an activating group) is 1. The van der Waals surface area contributed by atoms with Gasteiger partial charge < -0.3 is 26.4 Å². The molecule has 1 amide bonds. The van der Waals surface area contributed by atoms with Crippen molar-refractivity contribution >= 4 is 33.8 Å².